The normalized spacial score (nSPS) is 13.3. The molecule has 4 heteroatoms. The zero-order valence-corrected chi connectivity index (χ0v) is 14.3. The number of carbonyl (C=O) groups is 1. The zero-order valence-electron chi connectivity index (χ0n) is 13.5. The van der Waals surface area contributed by atoms with Crippen molar-refractivity contribution in [1.29, 1.82) is 0 Å². The molecule has 2 rings (SSSR count). The Hall–Kier alpha value is -1.81. The van der Waals surface area contributed by atoms with E-state index in [1.54, 1.807) is 12.1 Å². The van der Waals surface area contributed by atoms with Gasteiger partial charge in [-0.3, -0.25) is 4.79 Å². The van der Waals surface area contributed by atoms with Crippen LogP contribution in [0.2, 0.25) is 0 Å². The van der Waals surface area contributed by atoms with Crippen LogP contribution in [0.4, 0.5) is 4.39 Å². The number of amides is 1. The molecule has 0 saturated heterocycles. The summed E-state index contributed by atoms with van der Waals surface area (Å²) in [4.78, 5) is 13.2. The second-order valence-electron chi connectivity index (χ2n) is 5.48. The maximum Gasteiger partial charge on any atom is 0.233 e. The molecule has 0 aliphatic heterocycles. The second kappa shape index (κ2) is 8.73. The Morgan fingerprint density at radius 2 is 1.78 bits per heavy atom. The number of benzene rings is 2. The van der Waals surface area contributed by atoms with Crippen molar-refractivity contribution < 1.29 is 9.18 Å². The molecule has 0 aliphatic carbocycles. The monoisotopic (exact) mass is 331 g/mol. The van der Waals surface area contributed by atoms with Gasteiger partial charge in [0.05, 0.1) is 5.25 Å². The van der Waals surface area contributed by atoms with E-state index in [4.69, 9.17) is 0 Å². The van der Waals surface area contributed by atoms with Gasteiger partial charge in [0.25, 0.3) is 0 Å². The maximum atomic E-state index is 12.9. The Morgan fingerprint density at radius 1 is 1.13 bits per heavy atom. The van der Waals surface area contributed by atoms with Crippen LogP contribution in [-0.2, 0) is 4.79 Å². The average Bonchev–Trinajstić information content (AvgIpc) is 2.58. The summed E-state index contributed by atoms with van der Waals surface area (Å²) in [7, 11) is 0. The van der Waals surface area contributed by atoms with Crippen LogP contribution in [0.15, 0.2) is 59.5 Å². The van der Waals surface area contributed by atoms with Gasteiger partial charge >= 0.3 is 0 Å². The van der Waals surface area contributed by atoms with Gasteiger partial charge in [0.15, 0.2) is 0 Å². The molecule has 0 aliphatic rings. The smallest absolute Gasteiger partial charge is 0.233 e. The van der Waals surface area contributed by atoms with E-state index >= 15 is 0 Å². The van der Waals surface area contributed by atoms with Crippen LogP contribution in [0.25, 0.3) is 0 Å². The van der Waals surface area contributed by atoms with E-state index in [9.17, 15) is 9.18 Å². The highest BCUT2D eigenvalue weighted by atomic mass is 32.2. The Morgan fingerprint density at radius 3 is 2.39 bits per heavy atom. The first kappa shape index (κ1) is 17.5. The summed E-state index contributed by atoms with van der Waals surface area (Å²) < 4.78 is 12.9. The van der Waals surface area contributed by atoms with E-state index in [0.29, 0.717) is 12.5 Å². The van der Waals surface area contributed by atoms with Crippen molar-refractivity contribution in [3.63, 3.8) is 0 Å². The fourth-order valence-corrected chi connectivity index (χ4v) is 3.25. The number of hydrogen-bond donors (Lipinski definition) is 1. The fraction of sp³-hybridized carbons (Fsp3) is 0.316. The summed E-state index contributed by atoms with van der Waals surface area (Å²) >= 11 is 1.44. The van der Waals surface area contributed by atoms with E-state index in [1.165, 1.54) is 29.5 Å². The van der Waals surface area contributed by atoms with Gasteiger partial charge < -0.3 is 5.32 Å². The number of rotatable bonds is 7. The first-order chi connectivity index (χ1) is 11.1. The SMILES string of the molecule is CC[C@@H](CNC(=O)[C@@H](C)Sc1ccc(F)cc1)c1ccccc1. The van der Waals surface area contributed by atoms with Crippen LogP contribution in [0.3, 0.4) is 0 Å². The molecule has 0 heterocycles. The number of thioether (sulfide) groups is 1. The number of hydrogen-bond acceptors (Lipinski definition) is 2. The van der Waals surface area contributed by atoms with Gasteiger partial charge in [0.2, 0.25) is 5.91 Å². The minimum atomic E-state index is -0.264. The summed E-state index contributed by atoms with van der Waals surface area (Å²) in [5.41, 5.74) is 1.24. The third-order valence-electron chi connectivity index (χ3n) is 3.78. The molecular weight excluding hydrogens is 309 g/mol. The topological polar surface area (TPSA) is 29.1 Å². The lowest BCUT2D eigenvalue weighted by Crippen LogP contribution is -2.34. The lowest BCUT2D eigenvalue weighted by molar-refractivity contribution is -0.120. The third-order valence-corrected chi connectivity index (χ3v) is 4.89. The van der Waals surface area contributed by atoms with Crippen LogP contribution in [0.5, 0.6) is 0 Å². The highest BCUT2D eigenvalue weighted by molar-refractivity contribution is 8.00. The summed E-state index contributed by atoms with van der Waals surface area (Å²) in [5.74, 6) is 0.0666. The molecular formula is C19H22FNOS. The third kappa shape index (κ3) is 5.39. The molecule has 2 atom stereocenters. The van der Waals surface area contributed by atoms with Gasteiger partial charge in [-0.15, -0.1) is 11.8 Å². The molecule has 2 aromatic rings. The van der Waals surface area contributed by atoms with Crippen molar-refractivity contribution in [2.75, 3.05) is 6.54 Å². The van der Waals surface area contributed by atoms with Crippen molar-refractivity contribution in [1.82, 2.24) is 5.32 Å². The van der Waals surface area contributed by atoms with Crippen molar-refractivity contribution in [2.24, 2.45) is 0 Å². The Balaban J connectivity index is 1.86. The van der Waals surface area contributed by atoms with Gasteiger partial charge in [-0.2, -0.15) is 0 Å². The largest absolute Gasteiger partial charge is 0.355 e. The van der Waals surface area contributed by atoms with Crippen LogP contribution >= 0.6 is 11.8 Å². The van der Waals surface area contributed by atoms with E-state index in [-0.39, 0.29) is 17.0 Å². The van der Waals surface area contributed by atoms with E-state index in [1.807, 2.05) is 25.1 Å². The molecule has 23 heavy (non-hydrogen) atoms. The van der Waals surface area contributed by atoms with Crippen LogP contribution in [0.1, 0.15) is 31.7 Å². The molecule has 0 radical (unpaired) electrons. The molecule has 2 nitrogen and oxygen atoms in total. The standard InChI is InChI=1S/C19H22FNOS/c1-3-15(16-7-5-4-6-8-16)13-21-19(22)14(2)23-18-11-9-17(20)10-12-18/h4-12,14-15H,3,13H2,1-2H3,(H,21,22)/t14-,15+/m1/s1. The Kier molecular flexibility index (Phi) is 6.66. The molecule has 1 amide bonds. The first-order valence-corrected chi connectivity index (χ1v) is 8.73. The molecule has 0 unspecified atom stereocenters. The highest BCUT2D eigenvalue weighted by Crippen LogP contribution is 2.24. The molecule has 0 aromatic heterocycles. The predicted molar refractivity (Wildman–Crippen MR) is 94.2 cm³/mol. The summed E-state index contributed by atoms with van der Waals surface area (Å²) in [5, 5.41) is 2.82. The summed E-state index contributed by atoms with van der Waals surface area (Å²) in [6.07, 6.45) is 0.976. The minimum Gasteiger partial charge on any atom is -0.355 e. The number of nitrogens with one attached hydrogen (secondary N) is 1. The van der Waals surface area contributed by atoms with Crippen LogP contribution in [-0.4, -0.2) is 17.7 Å². The van der Waals surface area contributed by atoms with E-state index in [2.05, 4.69) is 24.4 Å². The zero-order chi connectivity index (χ0) is 16.7. The quantitative estimate of drug-likeness (QED) is 0.750. The Labute approximate surface area is 141 Å². The van der Waals surface area contributed by atoms with Gasteiger partial charge in [0, 0.05) is 17.4 Å². The summed E-state index contributed by atoms with van der Waals surface area (Å²) in [6.45, 7) is 4.63. The maximum absolute atomic E-state index is 12.9. The molecule has 1 N–H and O–H groups in total. The fourth-order valence-electron chi connectivity index (χ4n) is 2.36. The highest BCUT2D eigenvalue weighted by Gasteiger charge is 2.16. The molecule has 0 spiro atoms. The van der Waals surface area contributed by atoms with Crippen LogP contribution in [0, 0.1) is 5.82 Å². The van der Waals surface area contributed by atoms with Gasteiger partial charge in [-0.05, 0) is 43.2 Å². The second-order valence-corrected chi connectivity index (χ2v) is 6.89. The molecule has 0 fully saturated rings. The molecule has 0 bridgehead atoms. The van der Waals surface area contributed by atoms with Crippen molar-refractivity contribution >= 4 is 17.7 Å². The summed E-state index contributed by atoms with van der Waals surface area (Å²) in [6, 6.07) is 16.4. The van der Waals surface area contributed by atoms with Gasteiger partial charge in [-0.25, -0.2) is 4.39 Å². The van der Waals surface area contributed by atoms with E-state index < -0.39 is 0 Å². The van der Waals surface area contributed by atoms with Crippen molar-refractivity contribution in [2.45, 2.75) is 36.3 Å². The lowest BCUT2D eigenvalue weighted by atomic mass is 9.96. The molecule has 0 saturated carbocycles. The Bertz CT molecular complexity index is 615. The molecule has 122 valence electrons. The van der Waals surface area contributed by atoms with Crippen LogP contribution < -0.4 is 5.32 Å². The lowest BCUT2D eigenvalue weighted by Gasteiger charge is -2.18. The van der Waals surface area contributed by atoms with Crippen molar-refractivity contribution in [3.05, 3.63) is 66.0 Å². The predicted octanol–water partition coefficient (Wildman–Crippen LogP) is 4.62. The van der Waals surface area contributed by atoms with Gasteiger partial charge in [0.1, 0.15) is 5.82 Å². The van der Waals surface area contributed by atoms with Crippen molar-refractivity contribution in [3.8, 4) is 0 Å². The minimum absolute atomic E-state index is 0.00806. The van der Waals surface area contributed by atoms with Gasteiger partial charge in [-0.1, -0.05) is 37.3 Å². The number of halogens is 1. The molecule has 2 aromatic carbocycles. The average molecular weight is 331 g/mol. The first-order valence-electron chi connectivity index (χ1n) is 7.85. The van der Waals surface area contributed by atoms with E-state index in [0.717, 1.165) is 11.3 Å². The number of carbonyl (C=O) groups excluding carboxylic acids is 1.